The van der Waals surface area contributed by atoms with Crippen LogP contribution in [-0.2, 0) is 14.4 Å². The Morgan fingerprint density at radius 1 is 0.551 bits per heavy atom. The molecule has 0 saturated carbocycles. The van der Waals surface area contributed by atoms with Gasteiger partial charge in [0.2, 0.25) is 0 Å². The molecule has 3 aromatic rings. The number of nitrogens with one attached hydrogen (secondary N) is 1. The van der Waals surface area contributed by atoms with Crippen LogP contribution >= 0.6 is 0 Å². The zero-order valence-electron chi connectivity index (χ0n) is 24.9. The van der Waals surface area contributed by atoms with Gasteiger partial charge in [0.15, 0.2) is 40.5 Å². The van der Waals surface area contributed by atoms with Gasteiger partial charge in [0, 0.05) is 0 Å². The number of hydrogen-bond donors (Lipinski definition) is 11. The molecule has 49 heavy (non-hydrogen) atoms. The fourth-order valence-corrected chi connectivity index (χ4v) is 4.46. The van der Waals surface area contributed by atoms with E-state index in [2.05, 4.69) is 0 Å². The number of benzene rings is 3. The third kappa shape index (κ3) is 7.43. The van der Waals surface area contributed by atoms with E-state index in [1.165, 1.54) is 0 Å². The van der Waals surface area contributed by atoms with Crippen LogP contribution in [0.5, 0.6) is 34.5 Å². The molecule has 3 atom stereocenters. The van der Waals surface area contributed by atoms with Crippen LogP contribution in [0.3, 0.4) is 0 Å². The van der Waals surface area contributed by atoms with Crippen LogP contribution in [0.15, 0.2) is 54.6 Å². The lowest BCUT2D eigenvalue weighted by Crippen LogP contribution is -2.63. The molecule has 0 unspecified atom stereocenters. The van der Waals surface area contributed by atoms with Crippen molar-refractivity contribution in [2.45, 2.75) is 18.1 Å². The molecular formula is C30H29N3O16. The minimum absolute atomic E-state index is 0.181. The SMILES string of the molecule is O=C(N[C@@H](CO)C(=O)N(C(=O)c1cccc(O)c1O)[C@@H](CO)C(=O)N(C(=O)c1cccc(O)c1O)[C@@H](CO)C(=O)O)c1cccc(O)c1O. The summed E-state index contributed by atoms with van der Waals surface area (Å²) in [6.07, 6.45) is 0. The Labute approximate surface area is 274 Å². The summed E-state index contributed by atoms with van der Waals surface area (Å²) in [6, 6.07) is 1.17. The standard InChI is InChI=1S/C30H29N3O16/c34-10-16(31-25(43)13-4-1-7-19(37)22(13)40)28(46)32(26(44)14-5-2-8-20(38)23(14)41)17(11-35)29(47)33(18(12-36)30(48)49)27(45)15-6-3-9-21(39)24(15)42/h1-9,16-18,34-42H,10-12H2,(H,31,43)(H,48,49)/t16-,17-,18-/m0/s1. The third-order valence-corrected chi connectivity index (χ3v) is 6.99. The maximum absolute atomic E-state index is 14.0. The van der Waals surface area contributed by atoms with Crippen molar-refractivity contribution in [1.29, 1.82) is 0 Å². The summed E-state index contributed by atoms with van der Waals surface area (Å²) >= 11 is 0. The van der Waals surface area contributed by atoms with Crippen molar-refractivity contribution in [2.24, 2.45) is 0 Å². The Kier molecular flexibility index (Phi) is 11.7. The molecule has 0 spiro atoms. The number of aromatic hydroxyl groups is 6. The van der Waals surface area contributed by atoms with E-state index in [0.717, 1.165) is 54.6 Å². The van der Waals surface area contributed by atoms with E-state index < -0.39 is 125 Å². The second-order valence-electron chi connectivity index (χ2n) is 9.99. The zero-order valence-corrected chi connectivity index (χ0v) is 24.9. The molecule has 11 N–H and O–H groups in total. The molecule has 260 valence electrons. The Morgan fingerprint density at radius 2 is 0.939 bits per heavy atom. The minimum Gasteiger partial charge on any atom is -0.504 e. The lowest BCUT2D eigenvalue weighted by atomic mass is 10.0. The van der Waals surface area contributed by atoms with Crippen LogP contribution < -0.4 is 5.32 Å². The quantitative estimate of drug-likeness (QED) is 0.0931. The molecule has 0 fully saturated rings. The molecule has 0 aromatic heterocycles. The summed E-state index contributed by atoms with van der Waals surface area (Å²) in [5.41, 5.74) is -2.47. The number of aliphatic carboxylic acids is 1. The zero-order chi connectivity index (χ0) is 36.7. The number of phenols is 6. The van der Waals surface area contributed by atoms with E-state index in [1.807, 2.05) is 5.32 Å². The number of carboxylic acid groups (broad SMARTS) is 1. The highest BCUT2D eigenvalue weighted by molar-refractivity contribution is 6.15. The molecule has 0 aliphatic heterocycles. The van der Waals surface area contributed by atoms with Crippen LogP contribution in [-0.4, -0.2) is 134 Å². The van der Waals surface area contributed by atoms with Crippen LogP contribution in [0.4, 0.5) is 0 Å². The van der Waals surface area contributed by atoms with Gasteiger partial charge in [-0.05, 0) is 36.4 Å². The van der Waals surface area contributed by atoms with Crippen LogP contribution in [0, 0.1) is 0 Å². The first kappa shape index (κ1) is 37.0. The second kappa shape index (κ2) is 15.4. The van der Waals surface area contributed by atoms with Crippen LogP contribution in [0.25, 0.3) is 0 Å². The molecule has 0 radical (unpaired) electrons. The average molecular weight is 688 g/mol. The highest BCUT2D eigenvalue weighted by Gasteiger charge is 2.46. The second-order valence-corrected chi connectivity index (χ2v) is 9.99. The number of nitrogens with zero attached hydrogens (tertiary/aromatic N) is 2. The summed E-state index contributed by atoms with van der Waals surface area (Å²) < 4.78 is 0. The summed E-state index contributed by atoms with van der Waals surface area (Å²) in [5.74, 6) is -16.3. The van der Waals surface area contributed by atoms with E-state index in [-0.39, 0.29) is 9.80 Å². The number of imide groups is 2. The maximum Gasteiger partial charge on any atom is 0.329 e. The lowest BCUT2D eigenvalue weighted by Gasteiger charge is -2.35. The summed E-state index contributed by atoms with van der Waals surface area (Å²) in [5, 5.41) is 102. The van der Waals surface area contributed by atoms with Gasteiger partial charge in [0.05, 0.1) is 36.5 Å². The van der Waals surface area contributed by atoms with Crippen molar-refractivity contribution in [3.05, 3.63) is 71.3 Å². The monoisotopic (exact) mass is 687 g/mol. The van der Waals surface area contributed by atoms with Gasteiger partial charge in [0.1, 0.15) is 12.1 Å². The first-order valence-electron chi connectivity index (χ1n) is 13.8. The number of aliphatic hydroxyl groups is 3. The fourth-order valence-electron chi connectivity index (χ4n) is 4.46. The van der Waals surface area contributed by atoms with Gasteiger partial charge in [-0.25, -0.2) is 4.79 Å². The van der Waals surface area contributed by atoms with Crippen molar-refractivity contribution in [3.63, 3.8) is 0 Å². The van der Waals surface area contributed by atoms with E-state index in [0.29, 0.717) is 0 Å². The minimum atomic E-state index is -2.67. The van der Waals surface area contributed by atoms with E-state index in [9.17, 15) is 79.8 Å². The summed E-state index contributed by atoms with van der Waals surface area (Å²) in [4.78, 5) is 79.9. The highest BCUT2D eigenvalue weighted by Crippen LogP contribution is 2.32. The molecule has 3 rings (SSSR count). The number of phenolic OH excluding ortho intramolecular Hbond substituents is 6. The third-order valence-electron chi connectivity index (χ3n) is 6.99. The molecule has 19 heteroatoms. The average Bonchev–Trinajstić information content (AvgIpc) is 3.07. The number of amides is 5. The number of carbonyl (C=O) groups is 6. The summed E-state index contributed by atoms with van der Waals surface area (Å²) in [7, 11) is 0. The Bertz CT molecular complexity index is 1790. The van der Waals surface area contributed by atoms with E-state index in [4.69, 9.17) is 0 Å². The van der Waals surface area contributed by atoms with Crippen molar-refractivity contribution in [3.8, 4) is 34.5 Å². The number of hydrogen-bond acceptors (Lipinski definition) is 15. The van der Waals surface area contributed by atoms with Gasteiger partial charge in [-0.2, -0.15) is 0 Å². The number of aliphatic hydroxyl groups excluding tert-OH is 3. The Hall–Kier alpha value is -6.44. The van der Waals surface area contributed by atoms with Gasteiger partial charge in [-0.1, -0.05) is 18.2 Å². The van der Waals surface area contributed by atoms with Crippen molar-refractivity contribution in [2.75, 3.05) is 19.8 Å². The first-order valence-corrected chi connectivity index (χ1v) is 13.8. The smallest absolute Gasteiger partial charge is 0.329 e. The predicted octanol–water partition coefficient (Wildman–Crippen LogP) is -1.84. The summed E-state index contributed by atoms with van der Waals surface area (Å²) in [6.45, 7) is -4.48. The molecule has 0 aliphatic rings. The Morgan fingerprint density at radius 3 is 1.33 bits per heavy atom. The van der Waals surface area contributed by atoms with E-state index >= 15 is 0 Å². The van der Waals surface area contributed by atoms with Gasteiger partial charge in [0.25, 0.3) is 29.5 Å². The molecule has 0 aliphatic carbocycles. The fraction of sp³-hybridized carbons (Fsp3) is 0.200. The normalized spacial score (nSPS) is 12.6. The topological polar surface area (TPSA) is 323 Å². The molecule has 0 heterocycles. The van der Waals surface area contributed by atoms with Gasteiger partial charge in [-0.15, -0.1) is 0 Å². The lowest BCUT2D eigenvalue weighted by molar-refractivity contribution is -0.153. The molecular weight excluding hydrogens is 658 g/mol. The molecule has 0 bridgehead atoms. The van der Waals surface area contributed by atoms with Gasteiger partial charge < -0.3 is 56.4 Å². The maximum atomic E-state index is 14.0. The molecule has 5 amide bonds. The number of para-hydroxylation sites is 3. The first-order chi connectivity index (χ1) is 23.1. The largest absolute Gasteiger partial charge is 0.504 e. The van der Waals surface area contributed by atoms with Crippen LogP contribution in [0.2, 0.25) is 0 Å². The van der Waals surface area contributed by atoms with Gasteiger partial charge in [-0.3, -0.25) is 33.8 Å². The molecule has 0 saturated heterocycles. The number of carboxylic acids is 1. The highest BCUT2D eigenvalue weighted by atomic mass is 16.4. The molecule has 19 nitrogen and oxygen atoms in total. The Balaban J connectivity index is 2.22. The molecule has 3 aromatic carbocycles. The van der Waals surface area contributed by atoms with Crippen molar-refractivity contribution >= 4 is 35.5 Å². The van der Waals surface area contributed by atoms with Crippen LogP contribution in [0.1, 0.15) is 31.1 Å². The predicted molar refractivity (Wildman–Crippen MR) is 159 cm³/mol. The van der Waals surface area contributed by atoms with Crippen molar-refractivity contribution < 1.29 is 79.8 Å². The number of carbonyl (C=O) groups excluding carboxylic acids is 5. The van der Waals surface area contributed by atoms with E-state index in [1.54, 1.807) is 0 Å². The van der Waals surface area contributed by atoms with Crippen molar-refractivity contribution in [1.82, 2.24) is 15.1 Å². The van der Waals surface area contributed by atoms with Gasteiger partial charge >= 0.3 is 5.97 Å². The number of rotatable bonds is 12.